The Morgan fingerprint density at radius 1 is 1.00 bits per heavy atom. The summed E-state index contributed by atoms with van der Waals surface area (Å²) in [6.07, 6.45) is 12.9. The van der Waals surface area contributed by atoms with Crippen molar-refractivity contribution in [2.75, 3.05) is 5.33 Å². The Hall–Kier alpha value is -0.330. The molecule has 0 saturated heterocycles. The van der Waals surface area contributed by atoms with Crippen molar-refractivity contribution in [1.29, 1.82) is 0 Å². The maximum Gasteiger partial charge on any atom is 0.147 e. The van der Waals surface area contributed by atoms with Crippen molar-refractivity contribution in [3.63, 3.8) is 0 Å². The first-order valence-electron chi connectivity index (χ1n) is 11.8. The van der Waals surface area contributed by atoms with Crippen LogP contribution in [0, 0.1) is 58.7 Å². The second kappa shape index (κ2) is 7.12. The summed E-state index contributed by atoms with van der Waals surface area (Å²) in [4.78, 5) is 12.6. The molecule has 0 amide bonds. The number of carbonyl (C=O) groups is 1. The molecule has 28 heavy (non-hydrogen) atoms. The number of carbonyl (C=O) groups excluding carboxylic acids is 1. The van der Waals surface area contributed by atoms with E-state index in [1.54, 1.807) is 0 Å². The van der Waals surface area contributed by atoms with Gasteiger partial charge >= 0.3 is 0 Å². The van der Waals surface area contributed by atoms with Crippen LogP contribution in [0.5, 0.6) is 0 Å². The van der Waals surface area contributed by atoms with Crippen molar-refractivity contribution in [1.82, 2.24) is 0 Å². The fraction of sp³-hybridized carbons (Fsp3) is 0.880. The van der Waals surface area contributed by atoms with Crippen molar-refractivity contribution in [2.24, 2.45) is 46.8 Å². The molecule has 154 valence electrons. The van der Waals surface area contributed by atoms with Crippen LogP contribution in [-0.2, 0) is 4.79 Å². The van der Waals surface area contributed by atoms with Crippen molar-refractivity contribution < 1.29 is 9.90 Å². The number of ketones is 1. The summed E-state index contributed by atoms with van der Waals surface area (Å²) in [5.41, 5.74) is -0.468. The predicted octanol–water partition coefficient (Wildman–Crippen LogP) is 5.36. The third-order valence-corrected chi connectivity index (χ3v) is 10.2. The molecular weight excluding hydrogens is 412 g/mol. The number of fused-ring (bicyclic) bond motifs is 5. The number of Topliss-reactive ketones (excluding diaryl/α,β-unsaturated/α-hetero) is 1. The van der Waals surface area contributed by atoms with Gasteiger partial charge < -0.3 is 5.11 Å². The molecular formula is C25H35BrO2. The molecule has 0 aromatic heterocycles. The molecule has 0 spiro atoms. The fourth-order valence-corrected chi connectivity index (χ4v) is 8.47. The lowest BCUT2D eigenvalue weighted by Gasteiger charge is -2.56. The summed E-state index contributed by atoms with van der Waals surface area (Å²) >= 11 is 3.43. The van der Waals surface area contributed by atoms with Crippen LogP contribution in [0.2, 0.25) is 0 Å². The van der Waals surface area contributed by atoms with Crippen molar-refractivity contribution in [3.8, 4) is 11.8 Å². The van der Waals surface area contributed by atoms with Crippen LogP contribution >= 0.6 is 15.9 Å². The third-order valence-electron chi connectivity index (χ3n) is 9.62. The molecule has 5 fully saturated rings. The van der Waals surface area contributed by atoms with Crippen LogP contribution in [0.25, 0.3) is 0 Å². The number of aliphatic hydroxyl groups is 1. The van der Waals surface area contributed by atoms with E-state index >= 15 is 0 Å². The molecule has 0 aliphatic heterocycles. The van der Waals surface area contributed by atoms with E-state index in [0.29, 0.717) is 22.9 Å². The summed E-state index contributed by atoms with van der Waals surface area (Å²) in [7, 11) is 0. The highest BCUT2D eigenvalue weighted by molar-refractivity contribution is 9.09. The van der Waals surface area contributed by atoms with E-state index in [2.05, 4.69) is 34.7 Å². The molecule has 5 saturated carbocycles. The predicted molar refractivity (Wildman–Crippen MR) is 115 cm³/mol. The second-order valence-electron chi connectivity index (χ2n) is 11.0. The fourth-order valence-electron chi connectivity index (χ4n) is 8.08. The van der Waals surface area contributed by atoms with Gasteiger partial charge in [0, 0.05) is 11.8 Å². The van der Waals surface area contributed by atoms with Crippen LogP contribution in [0.4, 0.5) is 0 Å². The number of hydrogen-bond acceptors (Lipinski definition) is 2. The molecule has 5 aliphatic rings. The van der Waals surface area contributed by atoms with E-state index < -0.39 is 5.60 Å². The number of halogens is 1. The van der Waals surface area contributed by atoms with Gasteiger partial charge in [-0.1, -0.05) is 34.7 Å². The molecule has 1 N–H and O–H groups in total. The number of rotatable bonds is 2. The van der Waals surface area contributed by atoms with E-state index in [0.717, 1.165) is 49.4 Å². The van der Waals surface area contributed by atoms with E-state index in [9.17, 15) is 9.90 Å². The third kappa shape index (κ3) is 3.22. The Morgan fingerprint density at radius 3 is 2.54 bits per heavy atom. The Balaban J connectivity index is 1.31. The number of hydrogen-bond donors (Lipinski definition) is 1. The maximum absolute atomic E-state index is 12.6. The highest BCUT2D eigenvalue weighted by Crippen LogP contribution is 2.64. The molecule has 3 heteroatoms. The molecule has 5 aliphatic carbocycles. The minimum absolute atomic E-state index is 0.240. The highest BCUT2D eigenvalue weighted by Gasteiger charge is 2.58. The summed E-state index contributed by atoms with van der Waals surface area (Å²) < 4.78 is 0. The maximum atomic E-state index is 12.6. The van der Waals surface area contributed by atoms with Gasteiger partial charge in [-0.15, -0.1) is 0 Å². The standard InChI is InChI=1S/C25H35BrO2/c1-24-11-9-19-18-10-13-25(28,12-8-16-2-3-16)14-17(18)4-5-20(19)21(24)6-7-22(24)23(27)15-26/h16-22,28H,2-7,9-11,13-15H2,1H3/t17-,18-,19+,20+,21-,22+,24-,25+/m0/s1. The zero-order valence-electron chi connectivity index (χ0n) is 17.3. The van der Waals surface area contributed by atoms with E-state index in [-0.39, 0.29) is 11.3 Å². The average molecular weight is 447 g/mol. The van der Waals surface area contributed by atoms with Gasteiger partial charge in [0.2, 0.25) is 0 Å². The Labute approximate surface area is 178 Å². The van der Waals surface area contributed by atoms with Gasteiger partial charge in [0.25, 0.3) is 0 Å². The minimum Gasteiger partial charge on any atom is -0.378 e. The van der Waals surface area contributed by atoms with Crippen molar-refractivity contribution in [2.45, 2.75) is 83.2 Å². The van der Waals surface area contributed by atoms with Gasteiger partial charge in [-0.25, -0.2) is 0 Å². The van der Waals surface area contributed by atoms with Crippen LogP contribution in [0.3, 0.4) is 0 Å². The van der Waals surface area contributed by atoms with Gasteiger partial charge in [-0.05, 0) is 106 Å². The molecule has 8 atom stereocenters. The van der Waals surface area contributed by atoms with Gasteiger partial charge in [0.1, 0.15) is 11.4 Å². The van der Waals surface area contributed by atoms with Crippen LogP contribution < -0.4 is 0 Å². The van der Waals surface area contributed by atoms with E-state index in [1.807, 2.05) is 0 Å². The monoisotopic (exact) mass is 446 g/mol. The van der Waals surface area contributed by atoms with Crippen LogP contribution in [0.15, 0.2) is 0 Å². The van der Waals surface area contributed by atoms with Gasteiger partial charge in [-0.3, -0.25) is 4.79 Å². The first kappa shape index (κ1) is 19.6. The summed E-state index contributed by atoms with van der Waals surface area (Å²) in [6, 6.07) is 0. The van der Waals surface area contributed by atoms with Crippen LogP contribution in [-0.4, -0.2) is 21.8 Å². The van der Waals surface area contributed by atoms with Gasteiger partial charge in [0.15, 0.2) is 0 Å². The topological polar surface area (TPSA) is 37.3 Å². The lowest BCUT2D eigenvalue weighted by molar-refractivity contribution is -0.129. The largest absolute Gasteiger partial charge is 0.378 e. The second-order valence-corrected chi connectivity index (χ2v) is 11.6. The Bertz CT molecular complexity index is 703. The first-order valence-corrected chi connectivity index (χ1v) is 12.9. The Morgan fingerprint density at radius 2 is 1.79 bits per heavy atom. The summed E-state index contributed by atoms with van der Waals surface area (Å²) in [6.45, 7) is 2.44. The average Bonchev–Trinajstić information content (AvgIpc) is 3.45. The van der Waals surface area contributed by atoms with Gasteiger partial charge in [0.05, 0.1) is 5.33 Å². The Kier molecular flexibility index (Phi) is 4.99. The van der Waals surface area contributed by atoms with Crippen molar-refractivity contribution >= 4 is 21.7 Å². The molecule has 0 bridgehead atoms. The lowest BCUT2D eigenvalue weighted by atomic mass is 9.49. The molecule has 5 rings (SSSR count). The first-order chi connectivity index (χ1) is 13.4. The minimum atomic E-state index is -0.708. The van der Waals surface area contributed by atoms with E-state index in [1.165, 1.54) is 44.9 Å². The van der Waals surface area contributed by atoms with E-state index in [4.69, 9.17) is 0 Å². The molecule has 2 nitrogen and oxygen atoms in total. The summed E-state index contributed by atoms with van der Waals surface area (Å²) in [5.74, 6) is 11.8. The SMILES string of the molecule is C[C@]12CC[C@H]3[C@@H](CC[C@H]4C[C@@](O)(C#CC5CC5)CC[C@@H]43)[C@@H]1CC[C@@H]2C(=O)CBr. The normalized spacial score (nSPS) is 50.0. The zero-order chi connectivity index (χ0) is 19.5. The molecule has 0 aromatic rings. The molecule has 0 aromatic carbocycles. The molecule has 0 radical (unpaired) electrons. The highest BCUT2D eigenvalue weighted by atomic mass is 79.9. The molecule has 0 heterocycles. The smallest absolute Gasteiger partial charge is 0.147 e. The number of alkyl halides is 1. The lowest BCUT2D eigenvalue weighted by Crippen LogP contribution is -2.51. The zero-order valence-corrected chi connectivity index (χ0v) is 18.8. The molecule has 0 unspecified atom stereocenters. The van der Waals surface area contributed by atoms with Crippen molar-refractivity contribution in [3.05, 3.63) is 0 Å². The van der Waals surface area contributed by atoms with Crippen LogP contribution in [0.1, 0.15) is 77.6 Å². The summed E-state index contributed by atoms with van der Waals surface area (Å²) in [5, 5.41) is 11.6. The van der Waals surface area contributed by atoms with Gasteiger partial charge in [-0.2, -0.15) is 0 Å². The quantitative estimate of drug-likeness (QED) is 0.457.